The molecule has 0 spiro atoms. The van der Waals surface area contributed by atoms with Gasteiger partial charge in [0.15, 0.2) is 0 Å². The van der Waals surface area contributed by atoms with Gasteiger partial charge < -0.3 is 14.6 Å². The number of aromatic amines is 1. The molecular weight excluding hydrogens is 394 g/mol. The van der Waals surface area contributed by atoms with Crippen LogP contribution in [0, 0.1) is 0 Å². The first kappa shape index (κ1) is 19.3. The van der Waals surface area contributed by atoms with Gasteiger partial charge in [0.1, 0.15) is 5.75 Å². The maximum absolute atomic E-state index is 6.34. The summed E-state index contributed by atoms with van der Waals surface area (Å²) in [5.74, 6) is 0.928. The van der Waals surface area contributed by atoms with Crippen LogP contribution in [0.2, 0.25) is 5.02 Å². The van der Waals surface area contributed by atoms with E-state index in [9.17, 15) is 0 Å². The van der Waals surface area contributed by atoms with E-state index in [-0.39, 0.29) is 0 Å². The largest absolute Gasteiger partial charge is 0.493 e. The van der Waals surface area contributed by atoms with E-state index in [4.69, 9.17) is 16.3 Å². The lowest BCUT2D eigenvalue weighted by molar-refractivity contribution is 0.225. The Labute approximate surface area is 182 Å². The molecule has 30 heavy (non-hydrogen) atoms. The number of aromatic nitrogens is 1. The molecule has 1 N–H and O–H groups in total. The van der Waals surface area contributed by atoms with Crippen molar-refractivity contribution in [2.75, 3.05) is 44.2 Å². The number of piperazine rings is 1. The Morgan fingerprint density at radius 3 is 2.47 bits per heavy atom. The van der Waals surface area contributed by atoms with Crippen molar-refractivity contribution in [1.29, 1.82) is 0 Å². The molecule has 1 aliphatic rings. The molecule has 1 aromatic heterocycles. The second-order valence-corrected chi connectivity index (χ2v) is 8.27. The van der Waals surface area contributed by atoms with Gasteiger partial charge in [0, 0.05) is 55.1 Å². The number of ether oxygens (including phenoxy) is 1. The summed E-state index contributed by atoms with van der Waals surface area (Å²) in [4.78, 5) is 8.37. The second-order valence-electron chi connectivity index (χ2n) is 7.86. The maximum atomic E-state index is 6.34. The van der Waals surface area contributed by atoms with Gasteiger partial charge in [-0.05, 0) is 36.8 Å². The molecule has 5 heteroatoms. The number of rotatable bonds is 6. The molecule has 0 saturated carbocycles. The molecule has 4 aromatic rings. The zero-order chi connectivity index (χ0) is 20.3. The lowest BCUT2D eigenvalue weighted by Gasteiger charge is -2.36. The van der Waals surface area contributed by atoms with Crippen LogP contribution < -0.4 is 9.64 Å². The maximum Gasteiger partial charge on any atom is 0.121 e. The number of fused-ring (bicyclic) bond motifs is 3. The number of nitrogens with zero attached hydrogens (tertiary/aromatic N) is 2. The molecule has 1 fully saturated rings. The van der Waals surface area contributed by atoms with E-state index in [0.29, 0.717) is 0 Å². The van der Waals surface area contributed by atoms with E-state index < -0.39 is 0 Å². The zero-order valence-electron chi connectivity index (χ0n) is 17.0. The fourth-order valence-electron chi connectivity index (χ4n) is 4.32. The highest BCUT2D eigenvalue weighted by atomic mass is 35.5. The third kappa shape index (κ3) is 3.98. The minimum absolute atomic E-state index is 0.733. The average molecular weight is 420 g/mol. The van der Waals surface area contributed by atoms with Crippen LogP contribution in [0.1, 0.15) is 6.42 Å². The normalized spacial score (nSPS) is 15.2. The summed E-state index contributed by atoms with van der Waals surface area (Å²) in [5.41, 5.74) is 3.44. The summed E-state index contributed by atoms with van der Waals surface area (Å²) in [6, 6.07) is 22.8. The predicted octanol–water partition coefficient (Wildman–Crippen LogP) is 5.57. The van der Waals surface area contributed by atoms with Crippen LogP contribution in [-0.2, 0) is 0 Å². The molecule has 154 valence electrons. The van der Waals surface area contributed by atoms with Crippen LogP contribution >= 0.6 is 11.6 Å². The van der Waals surface area contributed by atoms with Crippen molar-refractivity contribution in [2.24, 2.45) is 0 Å². The van der Waals surface area contributed by atoms with Gasteiger partial charge in [0.05, 0.1) is 22.8 Å². The van der Waals surface area contributed by atoms with Gasteiger partial charge in [0.2, 0.25) is 0 Å². The number of H-pyrrole nitrogens is 1. The summed E-state index contributed by atoms with van der Waals surface area (Å²) >= 11 is 6.34. The van der Waals surface area contributed by atoms with Crippen LogP contribution in [0.4, 0.5) is 5.69 Å². The number of hydrogen-bond acceptors (Lipinski definition) is 3. The number of benzene rings is 3. The Bertz CT molecular complexity index is 1150. The van der Waals surface area contributed by atoms with Gasteiger partial charge in [-0.2, -0.15) is 0 Å². The van der Waals surface area contributed by atoms with E-state index >= 15 is 0 Å². The first-order valence-electron chi connectivity index (χ1n) is 10.6. The topological polar surface area (TPSA) is 31.5 Å². The van der Waals surface area contributed by atoms with Crippen LogP contribution in [0.5, 0.6) is 5.75 Å². The fraction of sp³-hybridized carbons (Fsp3) is 0.280. The molecule has 0 unspecified atom stereocenters. The SMILES string of the molecule is Clc1ccccc1N1CCN(CCCOc2ccc3c(c2)[nH]c2ccccc23)CC1. The summed E-state index contributed by atoms with van der Waals surface area (Å²) < 4.78 is 6.03. The lowest BCUT2D eigenvalue weighted by atomic mass is 10.1. The van der Waals surface area contributed by atoms with Gasteiger partial charge in [-0.15, -0.1) is 0 Å². The molecule has 1 saturated heterocycles. The molecule has 0 amide bonds. The van der Waals surface area contributed by atoms with Crippen molar-refractivity contribution in [1.82, 2.24) is 9.88 Å². The number of anilines is 1. The van der Waals surface area contributed by atoms with Crippen molar-refractivity contribution in [3.05, 3.63) is 71.8 Å². The smallest absolute Gasteiger partial charge is 0.121 e. The molecule has 0 bridgehead atoms. The Hall–Kier alpha value is -2.69. The van der Waals surface area contributed by atoms with Crippen molar-refractivity contribution < 1.29 is 4.74 Å². The summed E-state index contributed by atoms with van der Waals surface area (Å²) in [6.45, 7) is 5.95. The molecule has 0 aliphatic carbocycles. The van der Waals surface area contributed by atoms with Crippen LogP contribution in [0.15, 0.2) is 66.7 Å². The number of nitrogens with one attached hydrogen (secondary N) is 1. The van der Waals surface area contributed by atoms with Gasteiger partial charge in [0.25, 0.3) is 0 Å². The molecule has 0 atom stereocenters. The zero-order valence-corrected chi connectivity index (χ0v) is 17.7. The van der Waals surface area contributed by atoms with Crippen molar-refractivity contribution in [3.63, 3.8) is 0 Å². The monoisotopic (exact) mass is 419 g/mol. The van der Waals surface area contributed by atoms with Crippen LogP contribution in [-0.4, -0.2) is 49.2 Å². The van der Waals surface area contributed by atoms with Crippen molar-refractivity contribution >= 4 is 39.1 Å². The molecular formula is C25H26ClN3O. The van der Waals surface area contributed by atoms with Crippen LogP contribution in [0.25, 0.3) is 21.8 Å². The Morgan fingerprint density at radius 1 is 0.833 bits per heavy atom. The molecule has 4 nitrogen and oxygen atoms in total. The van der Waals surface area contributed by atoms with Gasteiger partial charge >= 0.3 is 0 Å². The Balaban J connectivity index is 1.10. The molecule has 1 aliphatic heterocycles. The van der Waals surface area contributed by atoms with Crippen LogP contribution in [0.3, 0.4) is 0 Å². The Morgan fingerprint density at radius 2 is 1.60 bits per heavy atom. The fourth-order valence-corrected chi connectivity index (χ4v) is 4.58. The second kappa shape index (κ2) is 8.58. The number of hydrogen-bond donors (Lipinski definition) is 1. The molecule has 0 radical (unpaired) electrons. The van der Waals surface area contributed by atoms with E-state index in [1.54, 1.807) is 0 Å². The standard InChI is InChI=1S/C25H26ClN3O/c26-22-7-2-4-9-25(22)29-15-13-28(14-16-29)12-5-17-30-19-10-11-21-20-6-1-3-8-23(20)27-24(21)18-19/h1-4,6-11,18,27H,5,12-17H2. The van der Waals surface area contributed by atoms with E-state index in [2.05, 4.69) is 69.4 Å². The van der Waals surface area contributed by atoms with E-state index in [1.807, 2.05) is 12.1 Å². The first-order chi connectivity index (χ1) is 14.8. The lowest BCUT2D eigenvalue weighted by Crippen LogP contribution is -2.46. The van der Waals surface area contributed by atoms with Crippen molar-refractivity contribution in [3.8, 4) is 5.75 Å². The number of halogens is 1. The summed E-state index contributed by atoms with van der Waals surface area (Å²) in [5, 5.41) is 3.34. The first-order valence-corrected chi connectivity index (χ1v) is 11.0. The molecule has 5 rings (SSSR count). The quantitative estimate of drug-likeness (QED) is 0.415. The van der Waals surface area contributed by atoms with E-state index in [1.165, 1.54) is 16.3 Å². The third-order valence-electron chi connectivity index (χ3n) is 5.93. The van der Waals surface area contributed by atoms with Gasteiger partial charge in [-0.3, -0.25) is 4.90 Å². The summed E-state index contributed by atoms with van der Waals surface area (Å²) in [6.07, 6.45) is 1.02. The minimum Gasteiger partial charge on any atom is -0.493 e. The van der Waals surface area contributed by atoms with Crippen molar-refractivity contribution in [2.45, 2.75) is 6.42 Å². The molecule has 2 heterocycles. The highest BCUT2D eigenvalue weighted by molar-refractivity contribution is 6.33. The average Bonchev–Trinajstić information content (AvgIpc) is 3.15. The number of para-hydroxylation sites is 2. The third-order valence-corrected chi connectivity index (χ3v) is 6.25. The van der Waals surface area contributed by atoms with E-state index in [0.717, 1.165) is 67.7 Å². The van der Waals surface area contributed by atoms with Gasteiger partial charge in [-0.25, -0.2) is 0 Å². The van der Waals surface area contributed by atoms with Gasteiger partial charge in [-0.1, -0.05) is 41.9 Å². The predicted molar refractivity (Wildman–Crippen MR) is 126 cm³/mol. The Kier molecular flexibility index (Phi) is 5.52. The molecule has 3 aromatic carbocycles. The minimum atomic E-state index is 0.733. The highest BCUT2D eigenvalue weighted by Gasteiger charge is 2.18. The highest BCUT2D eigenvalue weighted by Crippen LogP contribution is 2.28. The summed E-state index contributed by atoms with van der Waals surface area (Å²) in [7, 11) is 0.